The van der Waals surface area contributed by atoms with Crippen LogP contribution in [0.4, 0.5) is 11.4 Å². The molecule has 0 radical (unpaired) electrons. The van der Waals surface area contributed by atoms with Crippen molar-refractivity contribution in [2.24, 2.45) is 0 Å². The third kappa shape index (κ3) is 3.16. The van der Waals surface area contributed by atoms with Crippen molar-refractivity contribution in [2.45, 2.75) is 20.0 Å². The molecule has 0 saturated carbocycles. The van der Waals surface area contributed by atoms with Crippen LogP contribution in [0, 0.1) is 6.92 Å². The van der Waals surface area contributed by atoms with Crippen molar-refractivity contribution in [3.63, 3.8) is 0 Å². The lowest BCUT2D eigenvalue weighted by atomic mass is 10.0. The van der Waals surface area contributed by atoms with Gasteiger partial charge in [0.25, 0.3) is 5.91 Å². The van der Waals surface area contributed by atoms with E-state index in [1.807, 2.05) is 62.4 Å². The van der Waals surface area contributed by atoms with Crippen LogP contribution in [0.5, 0.6) is 11.5 Å². The highest BCUT2D eigenvalue weighted by Gasteiger charge is 2.34. The van der Waals surface area contributed by atoms with E-state index >= 15 is 0 Å². The highest BCUT2D eigenvalue weighted by atomic mass is 16.5. The van der Waals surface area contributed by atoms with Crippen LogP contribution in [0.2, 0.25) is 0 Å². The normalized spacial score (nSPS) is 15.7. The minimum absolute atomic E-state index is 0.0748. The van der Waals surface area contributed by atoms with Gasteiger partial charge in [0.05, 0.1) is 12.2 Å². The lowest BCUT2D eigenvalue weighted by molar-refractivity contribution is 0.0975. The molecule has 1 aliphatic rings. The number of para-hydroxylation sites is 1. The Balaban J connectivity index is 1.84. The van der Waals surface area contributed by atoms with Crippen LogP contribution in [0.15, 0.2) is 66.7 Å². The minimum Gasteiger partial charge on any atom is -0.504 e. The van der Waals surface area contributed by atoms with Gasteiger partial charge < -0.3 is 15.2 Å². The highest BCUT2D eigenvalue weighted by Crippen LogP contribution is 2.39. The number of hydrogen-bond donors (Lipinski definition) is 2. The average molecular weight is 374 g/mol. The van der Waals surface area contributed by atoms with Gasteiger partial charge in [-0.1, -0.05) is 35.9 Å². The molecule has 0 unspecified atom stereocenters. The van der Waals surface area contributed by atoms with E-state index in [1.54, 1.807) is 23.1 Å². The summed E-state index contributed by atoms with van der Waals surface area (Å²) in [5.41, 5.74) is 4.16. The number of amides is 1. The lowest BCUT2D eigenvalue weighted by Crippen LogP contribution is -2.43. The van der Waals surface area contributed by atoms with Gasteiger partial charge in [0.15, 0.2) is 11.5 Å². The number of fused-ring (bicyclic) bond motifs is 1. The van der Waals surface area contributed by atoms with E-state index in [0.717, 1.165) is 22.5 Å². The first-order valence-corrected chi connectivity index (χ1v) is 9.30. The number of nitrogens with one attached hydrogen (secondary N) is 1. The van der Waals surface area contributed by atoms with Crippen LogP contribution in [0.3, 0.4) is 0 Å². The first kappa shape index (κ1) is 17.9. The topological polar surface area (TPSA) is 61.8 Å². The molecule has 3 aromatic carbocycles. The lowest BCUT2D eigenvalue weighted by Gasteiger charge is -2.38. The van der Waals surface area contributed by atoms with Crippen molar-refractivity contribution in [2.75, 3.05) is 16.8 Å². The van der Waals surface area contributed by atoms with Crippen LogP contribution in [-0.2, 0) is 0 Å². The summed E-state index contributed by atoms with van der Waals surface area (Å²) in [7, 11) is 0. The Bertz CT molecular complexity index is 1010. The van der Waals surface area contributed by atoms with Gasteiger partial charge in [0.2, 0.25) is 0 Å². The highest BCUT2D eigenvalue weighted by molar-refractivity contribution is 6.12. The number of aromatic hydroxyl groups is 1. The van der Waals surface area contributed by atoms with Crippen molar-refractivity contribution in [3.8, 4) is 11.5 Å². The number of phenols is 1. The molecule has 5 nitrogen and oxygen atoms in total. The van der Waals surface area contributed by atoms with Gasteiger partial charge in [-0.25, -0.2) is 0 Å². The molecule has 1 amide bonds. The number of ether oxygens (including phenoxy) is 1. The van der Waals surface area contributed by atoms with E-state index in [0.29, 0.717) is 17.9 Å². The van der Waals surface area contributed by atoms with E-state index in [-0.39, 0.29) is 11.7 Å². The molecule has 142 valence electrons. The molecule has 3 aromatic rings. The number of anilines is 2. The summed E-state index contributed by atoms with van der Waals surface area (Å²) in [5, 5.41) is 13.5. The number of nitrogens with zero attached hydrogens (tertiary/aromatic N) is 1. The van der Waals surface area contributed by atoms with E-state index in [9.17, 15) is 9.90 Å². The fourth-order valence-electron chi connectivity index (χ4n) is 3.43. The van der Waals surface area contributed by atoms with Crippen LogP contribution in [0.25, 0.3) is 0 Å². The van der Waals surface area contributed by atoms with Gasteiger partial charge in [-0.05, 0) is 55.8 Å². The zero-order chi connectivity index (χ0) is 19.7. The summed E-state index contributed by atoms with van der Waals surface area (Å²) in [6, 6.07) is 20.5. The molecule has 1 atom stereocenters. The summed E-state index contributed by atoms with van der Waals surface area (Å²) >= 11 is 0. The predicted octanol–water partition coefficient (Wildman–Crippen LogP) is 4.87. The largest absolute Gasteiger partial charge is 0.504 e. The molecule has 0 bridgehead atoms. The summed E-state index contributed by atoms with van der Waals surface area (Å²) in [6.45, 7) is 4.32. The number of hydrogen-bond acceptors (Lipinski definition) is 4. The van der Waals surface area contributed by atoms with E-state index < -0.39 is 6.17 Å². The minimum atomic E-state index is -0.426. The van der Waals surface area contributed by atoms with Crippen LogP contribution in [0.1, 0.15) is 34.6 Å². The second kappa shape index (κ2) is 7.27. The van der Waals surface area contributed by atoms with Crippen molar-refractivity contribution in [1.29, 1.82) is 0 Å². The molecule has 28 heavy (non-hydrogen) atoms. The standard InChI is InChI=1S/C23H22N2O3/c1-3-28-21-14-16(10-13-20(21)26)22-24-19-7-5-4-6-18(19)23(27)25(22)17-11-8-15(2)9-12-17/h4-14,22,24,26H,3H2,1-2H3/t22-/m1/s1. The fourth-order valence-corrected chi connectivity index (χ4v) is 3.43. The van der Waals surface area contributed by atoms with Gasteiger partial charge in [-0.2, -0.15) is 0 Å². The molecule has 1 aliphatic heterocycles. The fraction of sp³-hybridized carbons (Fsp3) is 0.174. The molecule has 2 N–H and O–H groups in total. The molecule has 4 rings (SSSR count). The number of phenolic OH excluding ortho intramolecular Hbond substituents is 1. The maximum absolute atomic E-state index is 13.4. The summed E-state index contributed by atoms with van der Waals surface area (Å²) in [6.07, 6.45) is -0.426. The third-order valence-corrected chi connectivity index (χ3v) is 4.84. The summed E-state index contributed by atoms with van der Waals surface area (Å²) in [5.74, 6) is 0.404. The van der Waals surface area contributed by atoms with Crippen molar-refractivity contribution < 1.29 is 14.6 Å². The Labute approximate surface area is 164 Å². The number of carbonyl (C=O) groups excluding carboxylic acids is 1. The van der Waals surface area contributed by atoms with Gasteiger partial charge in [0, 0.05) is 11.4 Å². The van der Waals surface area contributed by atoms with Crippen molar-refractivity contribution in [3.05, 3.63) is 83.4 Å². The van der Waals surface area contributed by atoms with Crippen LogP contribution in [-0.4, -0.2) is 17.6 Å². The Morgan fingerprint density at radius 2 is 1.82 bits per heavy atom. The molecule has 0 aliphatic carbocycles. The summed E-state index contributed by atoms with van der Waals surface area (Å²) in [4.78, 5) is 15.1. The molecular weight excluding hydrogens is 352 g/mol. The molecule has 0 fully saturated rings. The van der Waals surface area contributed by atoms with Crippen molar-refractivity contribution >= 4 is 17.3 Å². The molecule has 5 heteroatoms. The average Bonchev–Trinajstić information content (AvgIpc) is 2.71. The van der Waals surface area contributed by atoms with Gasteiger partial charge in [-0.15, -0.1) is 0 Å². The summed E-state index contributed by atoms with van der Waals surface area (Å²) < 4.78 is 5.54. The monoisotopic (exact) mass is 374 g/mol. The SMILES string of the molecule is CCOc1cc([C@@H]2Nc3ccccc3C(=O)N2c2ccc(C)cc2)ccc1O. The Kier molecular flexibility index (Phi) is 4.65. The zero-order valence-corrected chi connectivity index (χ0v) is 15.8. The number of rotatable bonds is 4. The van der Waals surface area contributed by atoms with Crippen LogP contribution >= 0.6 is 0 Å². The van der Waals surface area contributed by atoms with Crippen molar-refractivity contribution in [1.82, 2.24) is 0 Å². The van der Waals surface area contributed by atoms with E-state index in [4.69, 9.17) is 4.74 Å². The second-order valence-electron chi connectivity index (χ2n) is 6.76. The van der Waals surface area contributed by atoms with E-state index in [1.165, 1.54) is 0 Å². The maximum Gasteiger partial charge on any atom is 0.262 e. The van der Waals surface area contributed by atoms with Crippen LogP contribution < -0.4 is 15.0 Å². The zero-order valence-electron chi connectivity index (χ0n) is 15.8. The third-order valence-electron chi connectivity index (χ3n) is 4.84. The smallest absolute Gasteiger partial charge is 0.262 e. The van der Waals surface area contributed by atoms with E-state index in [2.05, 4.69) is 5.32 Å². The number of aryl methyl sites for hydroxylation is 1. The Morgan fingerprint density at radius 1 is 1.07 bits per heavy atom. The number of benzene rings is 3. The molecular formula is C23H22N2O3. The predicted molar refractivity (Wildman–Crippen MR) is 110 cm³/mol. The molecule has 0 aromatic heterocycles. The Morgan fingerprint density at radius 3 is 2.57 bits per heavy atom. The molecule has 0 saturated heterocycles. The maximum atomic E-state index is 13.4. The van der Waals surface area contributed by atoms with Gasteiger partial charge in [0.1, 0.15) is 6.17 Å². The van der Waals surface area contributed by atoms with Gasteiger partial charge in [-0.3, -0.25) is 9.69 Å². The molecule has 1 heterocycles. The Hall–Kier alpha value is -3.47. The number of carbonyl (C=O) groups is 1. The quantitative estimate of drug-likeness (QED) is 0.684. The second-order valence-corrected chi connectivity index (χ2v) is 6.76. The molecule has 0 spiro atoms. The first-order valence-electron chi connectivity index (χ1n) is 9.30. The first-order chi connectivity index (χ1) is 13.6. The van der Waals surface area contributed by atoms with Gasteiger partial charge >= 0.3 is 0 Å².